The van der Waals surface area contributed by atoms with Crippen LogP contribution >= 0.6 is 0 Å². The molecule has 1 aliphatic heterocycles. The first-order valence-corrected chi connectivity index (χ1v) is 10.3. The lowest BCUT2D eigenvalue weighted by atomic mass is 10.1. The van der Waals surface area contributed by atoms with Gasteiger partial charge in [0.25, 0.3) is 0 Å². The van der Waals surface area contributed by atoms with Crippen molar-refractivity contribution in [3.05, 3.63) is 41.6 Å². The van der Waals surface area contributed by atoms with Crippen LogP contribution in [0.1, 0.15) is 24.6 Å². The number of hydrogen-bond donors (Lipinski definition) is 1. The topological polar surface area (TPSA) is 75.2 Å². The second-order valence-electron chi connectivity index (χ2n) is 6.49. The molecule has 2 aromatic rings. The van der Waals surface area contributed by atoms with E-state index in [-0.39, 0.29) is 17.5 Å². The van der Waals surface area contributed by atoms with E-state index in [4.69, 9.17) is 0 Å². The average molecular weight is 360 g/mol. The lowest BCUT2D eigenvalue weighted by molar-refractivity contribution is 0.600. The van der Waals surface area contributed by atoms with Gasteiger partial charge in [-0.05, 0) is 31.4 Å². The number of sulfone groups is 1. The van der Waals surface area contributed by atoms with Crippen molar-refractivity contribution < 1.29 is 8.42 Å². The summed E-state index contributed by atoms with van der Waals surface area (Å²) < 4.78 is 23.5. The highest BCUT2D eigenvalue weighted by Gasteiger charge is 2.31. The average Bonchev–Trinajstić information content (AvgIpc) is 2.94. The van der Waals surface area contributed by atoms with Gasteiger partial charge in [-0.3, -0.25) is 0 Å². The minimum atomic E-state index is -2.93. The SMILES string of the molecule is CCc1ccccc1Nc1nc(C)cc(N(C)C2CCS(=O)(=O)C2)n1. The molecule has 1 aromatic heterocycles. The van der Waals surface area contributed by atoms with E-state index < -0.39 is 9.84 Å². The second-order valence-corrected chi connectivity index (χ2v) is 8.72. The first-order valence-electron chi connectivity index (χ1n) is 8.52. The van der Waals surface area contributed by atoms with Gasteiger partial charge in [-0.25, -0.2) is 13.4 Å². The Labute approximate surface area is 149 Å². The molecule has 1 aromatic carbocycles. The van der Waals surface area contributed by atoms with Gasteiger partial charge in [-0.15, -0.1) is 0 Å². The Balaban J connectivity index is 1.85. The van der Waals surface area contributed by atoms with Crippen LogP contribution in [0.5, 0.6) is 0 Å². The van der Waals surface area contributed by atoms with E-state index in [0.717, 1.165) is 23.6 Å². The maximum absolute atomic E-state index is 11.8. The molecule has 0 radical (unpaired) electrons. The van der Waals surface area contributed by atoms with Gasteiger partial charge in [0, 0.05) is 30.5 Å². The summed E-state index contributed by atoms with van der Waals surface area (Å²) in [6.07, 6.45) is 1.56. The monoisotopic (exact) mass is 360 g/mol. The highest BCUT2D eigenvalue weighted by atomic mass is 32.2. The van der Waals surface area contributed by atoms with Crippen LogP contribution in [0.25, 0.3) is 0 Å². The fourth-order valence-electron chi connectivity index (χ4n) is 3.13. The molecule has 1 atom stereocenters. The third-order valence-corrected chi connectivity index (χ3v) is 6.35. The van der Waals surface area contributed by atoms with Crippen molar-refractivity contribution in [1.82, 2.24) is 9.97 Å². The first-order chi connectivity index (χ1) is 11.9. The third-order valence-electron chi connectivity index (χ3n) is 4.60. The summed E-state index contributed by atoms with van der Waals surface area (Å²) in [6.45, 7) is 4.03. The normalized spacial score (nSPS) is 18.9. The summed E-state index contributed by atoms with van der Waals surface area (Å²) >= 11 is 0. The summed E-state index contributed by atoms with van der Waals surface area (Å²) in [5.74, 6) is 1.71. The molecular weight excluding hydrogens is 336 g/mol. The fourth-order valence-corrected chi connectivity index (χ4v) is 4.90. The Morgan fingerprint density at radius 1 is 1.28 bits per heavy atom. The summed E-state index contributed by atoms with van der Waals surface area (Å²) in [4.78, 5) is 11.0. The lowest BCUT2D eigenvalue weighted by Gasteiger charge is -2.25. The smallest absolute Gasteiger partial charge is 0.229 e. The van der Waals surface area contributed by atoms with Crippen LogP contribution in [0.2, 0.25) is 0 Å². The number of hydrogen-bond acceptors (Lipinski definition) is 6. The van der Waals surface area contributed by atoms with E-state index in [0.29, 0.717) is 12.4 Å². The van der Waals surface area contributed by atoms with E-state index >= 15 is 0 Å². The maximum Gasteiger partial charge on any atom is 0.229 e. The molecule has 134 valence electrons. The summed E-state index contributed by atoms with van der Waals surface area (Å²) in [5.41, 5.74) is 3.03. The molecule has 0 amide bonds. The zero-order valence-electron chi connectivity index (χ0n) is 14.9. The number of rotatable bonds is 5. The largest absolute Gasteiger partial charge is 0.355 e. The zero-order chi connectivity index (χ0) is 18.0. The van der Waals surface area contributed by atoms with Crippen molar-refractivity contribution in [3.8, 4) is 0 Å². The highest BCUT2D eigenvalue weighted by Crippen LogP contribution is 2.25. The molecule has 0 spiro atoms. The zero-order valence-corrected chi connectivity index (χ0v) is 15.7. The van der Waals surface area contributed by atoms with Gasteiger partial charge >= 0.3 is 0 Å². The molecule has 0 saturated carbocycles. The van der Waals surface area contributed by atoms with E-state index in [1.54, 1.807) is 0 Å². The molecule has 1 saturated heterocycles. The number of aromatic nitrogens is 2. The van der Waals surface area contributed by atoms with Gasteiger partial charge in [0.15, 0.2) is 9.84 Å². The van der Waals surface area contributed by atoms with Gasteiger partial charge in [-0.2, -0.15) is 4.98 Å². The van der Waals surface area contributed by atoms with Crippen LogP contribution in [-0.4, -0.2) is 43.0 Å². The van der Waals surface area contributed by atoms with Crippen molar-refractivity contribution in [2.45, 2.75) is 32.7 Å². The number of aryl methyl sites for hydroxylation is 2. The van der Waals surface area contributed by atoms with Crippen molar-refractivity contribution >= 4 is 27.3 Å². The number of nitrogens with zero attached hydrogens (tertiary/aromatic N) is 3. The molecule has 7 heteroatoms. The standard InChI is InChI=1S/C18H24N4O2S/c1-4-14-7-5-6-8-16(14)20-18-19-13(2)11-17(21-18)22(3)15-9-10-25(23,24)12-15/h5-8,11,15H,4,9-10,12H2,1-3H3,(H,19,20,21). The van der Waals surface area contributed by atoms with Crippen molar-refractivity contribution in [3.63, 3.8) is 0 Å². The van der Waals surface area contributed by atoms with Crippen molar-refractivity contribution in [2.75, 3.05) is 28.8 Å². The Kier molecular flexibility index (Phi) is 4.94. The molecule has 25 heavy (non-hydrogen) atoms. The Bertz CT molecular complexity index is 867. The van der Waals surface area contributed by atoms with E-state index in [9.17, 15) is 8.42 Å². The van der Waals surface area contributed by atoms with E-state index in [2.05, 4.69) is 28.3 Å². The van der Waals surface area contributed by atoms with Gasteiger partial charge in [0.2, 0.25) is 5.95 Å². The molecule has 0 aliphatic carbocycles. The van der Waals surface area contributed by atoms with Crippen LogP contribution in [0.3, 0.4) is 0 Å². The number of para-hydroxylation sites is 1. The Hall–Kier alpha value is -2.15. The summed E-state index contributed by atoms with van der Waals surface area (Å²) in [7, 11) is -1.03. The predicted octanol–water partition coefficient (Wildman–Crippen LogP) is 2.71. The van der Waals surface area contributed by atoms with Gasteiger partial charge < -0.3 is 10.2 Å². The minimum Gasteiger partial charge on any atom is -0.355 e. The molecule has 1 aliphatic rings. The van der Waals surface area contributed by atoms with Gasteiger partial charge in [0.1, 0.15) is 5.82 Å². The van der Waals surface area contributed by atoms with Crippen LogP contribution in [-0.2, 0) is 16.3 Å². The molecular formula is C18H24N4O2S. The van der Waals surface area contributed by atoms with Crippen LogP contribution < -0.4 is 10.2 Å². The molecule has 1 N–H and O–H groups in total. The summed E-state index contributed by atoms with van der Waals surface area (Å²) in [6, 6.07) is 9.94. The van der Waals surface area contributed by atoms with Crippen LogP contribution in [0, 0.1) is 6.92 Å². The molecule has 1 fully saturated rings. The maximum atomic E-state index is 11.8. The van der Waals surface area contributed by atoms with Crippen molar-refractivity contribution in [1.29, 1.82) is 0 Å². The molecule has 2 heterocycles. The first kappa shape index (κ1) is 17.7. The number of nitrogens with one attached hydrogen (secondary N) is 1. The Morgan fingerprint density at radius 3 is 2.72 bits per heavy atom. The highest BCUT2D eigenvalue weighted by molar-refractivity contribution is 7.91. The van der Waals surface area contributed by atoms with Crippen LogP contribution in [0.15, 0.2) is 30.3 Å². The van der Waals surface area contributed by atoms with Gasteiger partial charge in [0.05, 0.1) is 11.5 Å². The van der Waals surface area contributed by atoms with Gasteiger partial charge in [-0.1, -0.05) is 25.1 Å². The Morgan fingerprint density at radius 2 is 2.04 bits per heavy atom. The third kappa shape index (κ3) is 4.10. The molecule has 0 bridgehead atoms. The number of benzene rings is 1. The minimum absolute atomic E-state index is 0.0323. The number of anilines is 3. The lowest BCUT2D eigenvalue weighted by Crippen LogP contribution is -2.33. The second kappa shape index (κ2) is 7.00. The summed E-state index contributed by atoms with van der Waals surface area (Å²) in [5, 5.41) is 3.30. The van der Waals surface area contributed by atoms with Crippen molar-refractivity contribution in [2.24, 2.45) is 0 Å². The van der Waals surface area contributed by atoms with E-state index in [1.165, 1.54) is 5.56 Å². The predicted molar refractivity (Wildman–Crippen MR) is 101 cm³/mol. The van der Waals surface area contributed by atoms with E-state index in [1.807, 2.05) is 43.1 Å². The molecule has 6 nitrogen and oxygen atoms in total. The van der Waals surface area contributed by atoms with Crippen LogP contribution in [0.4, 0.5) is 17.5 Å². The fraction of sp³-hybridized carbons (Fsp3) is 0.444. The molecule has 1 unspecified atom stereocenters. The molecule has 3 rings (SSSR count). The quantitative estimate of drug-likeness (QED) is 0.884.